The van der Waals surface area contributed by atoms with Crippen LogP contribution in [-0.2, 0) is 27.8 Å². The van der Waals surface area contributed by atoms with Crippen molar-refractivity contribution in [3.8, 4) is 0 Å². The van der Waals surface area contributed by atoms with Crippen molar-refractivity contribution in [3.05, 3.63) is 29.3 Å². The van der Waals surface area contributed by atoms with Crippen LogP contribution in [0.25, 0.3) is 0 Å². The SMILES string of the molecule is O=C(O)C1Cc2ccc(S(=O)(=O)NCCC(F)(F)F)cc2CN1. The van der Waals surface area contributed by atoms with Gasteiger partial charge in [0.25, 0.3) is 0 Å². The Bertz CT molecular complexity index is 704. The van der Waals surface area contributed by atoms with Crippen LogP contribution >= 0.6 is 0 Å². The Balaban J connectivity index is 2.11. The standard InChI is InChI=1S/C13H15F3N2O4S/c14-13(15,16)3-4-18-23(21,22)10-2-1-8-6-11(12(19)20)17-7-9(8)5-10/h1-2,5,11,17-18H,3-4,6-7H2,(H,19,20). The summed E-state index contributed by atoms with van der Waals surface area (Å²) in [7, 11) is -4.04. The molecular weight excluding hydrogens is 337 g/mol. The summed E-state index contributed by atoms with van der Waals surface area (Å²) in [4.78, 5) is 10.8. The predicted molar refractivity (Wildman–Crippen MR) is 74.3 cm³/mol. The third-order valence-electron chi connectivity index (χ3n) is 3.45. The molecule has 2 rings (SSSR count). The Hall–Kier alpha value is -1.65. The highest BCUT2D eigenvalue weighted by Gasteiger charge is 2.28. The number of benzene rings is 1. The van der Waals surface area contributed by atoms with Gasteiger partial charge in [-0.25, -0.2) is 13.1 Å². The number of sulfonamides is 1. The van der Waals surface area contributed by atoms with E-state index in [1.165, 1.54) is 18.2 Å². The zero-order chi connectivity index (χ0) is 17.3. The number of hydrogen-bond acceptors (Lipinski definition) is 4. The predicted octanol–water partition coefficient (Wildman–Crippen LogP) is 1.02. The molecule has 23 heavy (non-hydrogen) atoms. The van der Waals surface area contributed by atoms with Crippen LogP contribution in [0.15, 0.2) is 23.1 Å². The van der Waals surface area contributed by atoms with Crippen molar-refractivity contribution in [1.29, 1.82) is 0 Å². The van der Waals surface area contributed by atoms with E-state index in [4.69, 9.17) is 5.11 Å². The molecule has 0 saturated carbocycles. The summed E-state index contributed by atoms with van der Waals surface area (Å²) >= 11 is 0. The van der Waals surface area contributed by atoms with Crippen molar-refractivity contribution in [3.63, 3.8) is 0 Å². The van der Waals surface area contributed by atoms with Gasteiger partial charge in [-0.15, -0.1) is 0 Å². The molecule has 0 amide bonds. The fourth-order valence-corrected chi connectivity index (χ4v) is 3.33. The number of alkyl halides is 3. The minimum Gasteiger partial charge on any atom is -0.480 e. The van der Waals surface area contributed by atoms with E-state index in [0.717, 1.165) is 0 Å². The van der Waals surface area contributed by atoms with Crippen molar-refractivity contribution >= 4 is 16.0 Å². The van der Waals surface area contributed by atoms with Crippen molar-refractivity contribution in [2.75, 3.05) is 6.54 Å². The molecule has 0 aliphatic carbocycles. The molecule has 10 heteroatoms. The molecule has 0 spiro atoms. The lowest BCUT2D eigenvalue weighted by molar-refractivity contribution is -0.139. The van der Waals surface area contributed by atoms with Gasteiger partial charge in [0.2, 0.25) is 10.0 Å². The Kier molecular flexibility index (Phi) is 4.97. The van der Waals surface area contributed by atoms with Gasteiger partial charge in [-0.2, -0.15) is 13.2 Å². The van der Waals surface area contributed by atoms with Crippen molar-refractivity contribution in [2.45, 2.75) is 36.5 Å². The van der Waals surface area contributed by atoms with E-state index in [9.17, 15) is 26.4 Å². The van der Waals surface area contributed by atoms with Crippen molar-refractivity contribution in [1.82, 2.24) is 10.0 Å². The molecule has 1 aromatic rings. The normalized spacial score (nSPS) is 18.5. The summed E-state index contributed by atoms with van der Waals surface area (Å²) in [5.41, 5.74) is 1.31. The Morgan fingerprint density at radius 2 is 2.04 bits per heavy atom. The summed E-state index contributed by atoms with van der Waals surface area (Å²) in [5.74, 6) is -0.999. The Labute approximate surface area is 130 Å². The van der Waals surface area contributed by atoms with Gasteiger partial charge < -0.3 is 10.4 Å². The monoisotopic (exact) mass is 352 g/mol. The zero-order valence-electron chi connectivity index (χ0n) is 11.9. The molecule has 1 atom stereocenters. The first-order valence-electron chi connectivity index (χ1n) is 6.73. The van der Waals surface area contributed by atoms with Crippen LogP contribution in [0.5, 0.6) is 0 Å². The van der Waals surface area contributed by atoms with Crippen molar-refractivity contribution < 1.29 is 31.5 Å². The summed E-state index contributed by atoms with van der Waals surface area (Å²) in [6.45, 7) is -0.555. The maximum Gasteiger partial charge on any atom is 0.390 e. The summed E-state index contributed by atoms with van der Waals surface area (Å²) in [6, 6.07) is 3.36. The third kappa shape index (κ3) is 4.66. The molecule has 1 aromatic carbocycles. The quantitative estimate of drug-likeness (QED) is 0.735. The van der Waals surface area contributed by atoms with Crippen LogP contribution < -0.4 is 10.0 Å². The Morgan fingerprint density at radius 3 is 2.65 bits per heavy atom. The molecular formula is C13H15F3N2O4S. The van der Waals surface area contributed by atoms with Gasteiger partial charge in [0.05, 0.1) is 11.3 Å². The highest BCUT2D eigenvalue weighted by Crippen LogP contribution is 2.22. The third-order valence-corrected chi connectivity index (χ3v) is 4.91. The number of hydrogen-bond donors (Lipinski definition) is 3. The maximum atomic E-state index is 12.1. The van der Waals surface area contributed by atoms with Crippen LogP contribution in [0, 0.1) is 0 Å². The topological polar surface area (TPSA) is 95.5 Å². The number of halogens is 3. The van der Waals surface area contributed by atoms with Crippen LogP contribution in [0.1, 0.15) is 17.5 Å². The second kappa shape index (κ2) is 6.46. The minimum atomic E-state index is -4.44. The first kappa shape index (κ1) is 17.7. The smallest absolute Gasteiger partial charge is 0.390 e. The molecule has 6 nitrogen and oxygen atoms in total. The molecule has 1 aliphatic rings. The average molecular weight is 352 g/mol. The number of fused-ring (bicyclic) bond motifs is 1. The molecule has 0 aromatic heterocycles. The summed E-state index contributed by atoms with van der Waals surface area (Å²) in [6.07, 6.45) is -5.47. The van der Waals surface area contributed by atoms with E-state index in [2.05, 4.69) is 5.32 Å². The largest absolute Gasteiger partial charge is 0.480 e. The second-order valence-corrected chi connectivity index (χ2v) is 6.94. The van der Waals surface area contributed by atoms with E-state index in [-0.39, 0.29) is 17.9 Å². The lowest BCUT2D eigenvalue weighted by Gasteiger charge is -2.23. The van der Waals surface area contributed by atoms with Crippen LogP contribution in [0.3, 0.4) is 0 Å². The number of carbonyl (C=O) groups is 1. The van der Waals surface area contributed by atoms with Gasteiger partial charge in [0, 0.05) is 13.1 Å². The minimum absolute atomic E-state index is 0.144. The fraction of sp³-hybridized carbons (Fsp3) is 0.462. The van der Waals surface area contributed by atoms with E-state index >= 15 is 0 Å². The molecule has 1 heterocycles. The van der Waals surface area contributed by atoms with Gasteiger partial charge in [0.1, 0.15) is 6.04 Å². The van der Waals surface area contributed by atoms with Gasteiger partial charge in [0.15, 0.2) is 0 Å². The first-order valence-corrected chi connectivity index (χ1v) is 8.21. The number of rotatable bonds is 5. The highest BCUT2D eigenvalue weighted by molar-refractivity contribution is 7.89. The van der Waals surface area contributed by atoms with E-state index in [0.29, 0.717) is 11.1 Å². The molecule has 1 aliphatic heterocycles. The molecule has 0 saturated heterocycles. The summed E-state index contributed by atoms with van der Waals surface area (Å²) < 4.78 is 62.1. The van der Waals surface area contributed by atoms with Crippen LogP contribution in [0.2, 0.25) is 0 Å². The number of carboxylic acid groups (broad SMARTS) is 1. The molecule has 0 fully saturated rings. The lowest BCUT2D eigenvalue weighted by Crippen LogP contribution is -2.41. The van der Waals surface area contributed by atoms with Crippen LogP contribution in [-0.4, -0.2) is 38.3 Å². The van der Waals surface area contributed by atoms with E-state index < -0.39 is 41.2 Å². The van der Waals surface area contributed by atoms with Gasteiger partial charge in [-0.3, -0.25) is 4.79 Å². The first-order chi connectivity index (χ1) is 10.6. The number of carboxylic acids is 1. The summed E-state index contributed by atoms with van der Waals surface area (Å²) in [5, 5.41) is 11.7. The Morgan fingerprint density at radius 1 is 1.35 bits per heavy atom. The number of aliphatic carboxylic acids is 1. The van der Waals surface area contributed by atoms with Crippen molar-refractivity contribution in [2.24, 2.45) is 0 Å². The van der Waals surface area contributed by atoms with E-state index in [1.54, 1.807) is 0 Å². The lowest BCUT2D eigenvalue weighted by atomic mass is 9.96. The highest BCUT2D eigenvalue weighted by atomic mass is 32.2. The maximum absolute atomic E-state index is 12.1. The van der Waals surface area contributed by atoms with Gasteiger partial charge in [-0.05, 0) is 29.7 Å². The molecule has 3 N–H and O–H groups in total. The van der Waals surface area contributed by atoms with Crippen LogP contribution in [0.4, 0.5) is 13.2 Å². The fourth-order valence-electron chi connectivity index (χ4n) is 2.24. The zero-order valence-corrected chi connectivity index (χ0v) is 12.7. The number of nitrogens with one attached hydrogen (secondary N) is 2. The second-order valence-electron chi connectivity index (χ2n) is 5.17. The van der Waals surface area contributed by atoms with Gasteiger partial charge in [-0.1, -0.05) is 6.07 Å². The van der Waals surface area contributed by atoms with Gasteiger partial charge >= 0.3 is 12.1 Å². The average Bonchev–Trinajstić information content (AvgIpc) is 2.44. The molecule has 0 radical (unpaired) electrons. The van der Waals surface area contributed by atoms with E-state index in [1.807, 2.05) is 4.72 Å². The molecule has 0 bridgehead atoms. The molecule has 128 valence electrons. The molecule has 1 unspecified atom stereocenters.